The highest BCUT2D eigenvalue weighted by atomic mass is 28.3. The van der Waals surface area contributed by atoms with Crippen molar-refractivity contribution in [1.29, 1.82) is 0 Å². The second kappa shape index (κ2) is 4.34. The van der Waals surface area contributed by atoms with Crippen molar-refractivity contribution >= 4 is 19.2 Å². The summed E-state index contributed by atoms with van der Waals surface area (Å²) in [6.45, 7) is 4.54. The predicted molar refractivity (Wildman–Crippen MR) is 73.9 cm³/mol. The van der Waals surface area contributed by atoms with Crippen molar-refractivity contribution in [3.63, 3.8) is 0 Å². The van der Waals surface area contributed by atoms with Gasteiger partial charge in [-0.3, -0.25) is 4.79 Å². The lowest BCUT2D eigenvalue weighted by atomic mass is 10.2. The zero-order valence-corrected chi connectivity index (χ0v) is 11.2. The summed E-state index contributed by atoms with van der Waals surface area (Å²) in [6, 6.07) is 7.73. The van der Waals surface area contributed by atoms with E-state index in [4.69, 9.17) is 5.73 Å². The molecule has 0 radical (unpaired) electrons. The molecule has 0 saturated carbocycles. The van der Waals surface area contributed by atoms with Crippen LogP contribution in [0.25, 0.3) is 0 Å². The zero-order valence-electron chi connectivity index (χ0n) is 10.2. The summed E-state index contributed by atoms with van der Waals surface area (Å²) >= 11 is 0. The summed E-state index contributed by atoms with van der Waals surface area (Å²) in [4.78, 5) is 11.5. The van der Waals surface area contributed by atoms with Gasteiger partial charge in [-0.2, -0.15) is 0 Å². The fraction of sp³-hybridized carbons (Fsp3) is 0.214. The van der Waals surface area contributed by atoms with Crippen LogP contribution in [0.15, 0.2) is 47.7 Å². The van der Waals surface area contributed by atoms with Crippen molar-refractivity contribution in [2.75, 3.05) is 0 Å². The molecule has 0 saturated heterocycles. The Morgan fingerprint density at radius 1 is 1.29 bits per heavy atom. The second-order valence-electron chi connectivity index (χ2n) is 4.86. The van der Waals surface area contributed by atoms with Gasteiger partial charge in [0.05, 0.1) is 0 Å². The number of hydrogen-bond donors (Lipinski definition) is 1. The topological polar surface area (TPSA) is 43.1 Å². The smallest absolute Gasteiger partial charge is 0.248 e. The van der Waals surface area contributed by atoms with Gasteiger partial charge in [0, 0.05) is 5.56 Å². The highest BCUT2D eigenvalue weighted by molar-refractivity contribution is 6.96. The molecule has 0 spiro atoms. The van der Waals surface area contributed by atoms with Crippen LogP contribution < -0.4 is 10.9 Å². The molecule has 1 amide bonds. The minimum atomic E-state index is -1.76. The Kier molecular flexibility index (Phi) is 3.02. The van der Waals surface area contributed by atoms with E-state index in [0.29, 0.717) is 5.56 Å². The molecule has 2 nitrogen and oxygen atoms in total. The quantitative estimate of drug-likeness (QED) is 0.812. The van der Waals surface area contributed by atoms with Gasteiger partial charge in [-0.25, -0.2) is 0 Å². The van der Waals surface area contributed by atoms with Crippen LogP contribution in [-0.2, 0) is 0 Å². The number of carbonyl (C=O) groups excluding carboxylic acids is 1. The van der Waals surface area contributed by atoms with Gasteiger partial charge in [0.25, 0.3) is 0 Å². The van der Waals surface area contributed by atoms with Gasteiger partial charge in [-0.15, -0.1) is 0 Å². The van der Waals surface area contributed by atoms with E-state index in [9.17, 15) is 4.79 Å². The SMILES string of the molecule is C[Si](C)(C1=CC=CC1)c1ccccc1C(N)=O. The molecule has 0 unspecified atom stereocenters. The number of amides is 1. The van der Waals surface area contributed by atoms with Crippen LogP contribution in [0.1, 0.15) is 16.8 Å². The van der Waals surface area contributed by atoms with Gasteiger partial charge >= 0.3 is 0 Å². The standard InChI is InChI=1S/C14H17NOSi/c1-17(2,11-7-3-4-8-11)13-10-6-5-9-12(13)14(15)16/h3-7,9-10H,8H2,1-2H3,(H2,15,16). The van der Waals surface area contributed by atoms with Crippen molar-refractivity contribution in [2.45, 2.75) is 19.5 Å². The Morgan fingerprint density at radius 3 is 2.59 bits per heavy atom. The highest BCUT2D eigenvalue weighted by Gasteiger charge is 2.31. The number of carbonyl (C=O) groups is 1. The maximum atomic E-state index is 11.5. The number of primary amides is 1. The molecule has 88 valence electrons. The molecule has 1 aromatic rings. The molecule has 2 rings (SSSR count). The minimum Gasteiger partial charge on any atom is -0.366 e. The average Bonchev–Trinajstić information content (AvgIpc) is 2.83. The van der Waals surface area contributed by atoms with Crippen molar-refractivity contribution in [3.8, 4) is 0 Å². The van der Waals surface area contributed by atoms with E-state index in [1.165, 1.54) is 5.20 Å². The highest BCUT2D eigenvalue weighted by Crippen LogP contribution is 2.23. The third-order valence-corrected chi connectivity index (χ3v) is 7.20. The molecule has 1 aliphatic carbocycles. The van der Waals surface area contributed by atoms with Gasteiger partial charge in [0.15, 0.2) is 0 Å². The second-order valence-corrected chi connectivity index (χ2v) is 9.29. The summed E-state index contributed by atoms with van der Waals surface area (Å²) in [5.74, 6) is -0.326. The first-order valence-electron chi connectivity index (χ1n) is 5.79. The third kappa shape index (κ3) is 2.10. The molecule has 2 N–H and O–H groups in total. The van der Waals surface area contributed by atoms with Crippen LogP contribution >= 0.6 is 0 Å². The maximum absolute atomic E-state index is 11.5. The lowest BCUT2D eigenvalue weighted by molar-refractivity contribution is 0.100. The first-order valence-corrected chi connectivity index (χ1v) is 8.79. The molecular weight excluding hydrogens is 226 g/mol. The van der Waals surface area contributed by atoms with Gasteiger partial charge < -0.3 is 5.73 Å². The molecular formula is C14H17NOSi. The molecule has 17 heavy (non-hydrogen) atoms. The van der Waals surface area contributed by atoms with Crippen LogP contribution in [0.5, 0.6) is 0 Å². The Bertz CT molecular complexity index is 515. The Balaban J connectivity index is 2.49. The molecule has 0 heterocycles. The van der Waals surface area contributed by atoms with Crippen molar-refractivity contribution in [3.05, 3.63) is 53.3 Å². The molecule has 3 heteroatoms. The monoisotopic (exact) mass is 243 g/mol. The molecule has 0 atom stereocenters. The minimum absolute atomic E-state index is 0.326. The largest absolute Gasteiger partial charge is 0.366 e. The van der Waals surface area contributed by atoms with Gasteiger partial charge in [0.2, 0.25) is 5.91 Å². The fourth-order valence-corrected chi connectivity index (χ4v) is 5.21. The van der Waals surface area contributed by atoms with Gasteiger partial charge in [-0.1, -0.05) is 54.7 Å². The Hall–Kier alpha value is -1.61. The summed E-state index contributed by atoms with van der Waals surface area (Å²) < 4.78 is 0. The average molecular weight is 243 g/mol. The zero-order chi connectivity index (χ0) is 12.5. The lowest BCUT2D eigenvalue weighted by Crippen LogP contribution is -2.47. The van der Waals surface area contributed by atoms with Crippen molar-refractivity contribution < 1.29 is 4.79 Å². The Labute approximate surface area is 103 Å². The van der Waals surface area contributed by atoms with Crippen LogP contribution in [-0.4, -0.2) is 14.0 Å². The number of benzene rings is 1. The van der Waals surface area contributed by atoms with E-state index in [0.717, 1.165) is 11.6 Å². The van der Waals surface area contributed by atoms with E-state index in [1.807, 2.05) is 24.3 Å². The number of allylic oxidation sites excluding steroid dienone is 4. The summed E-state index contributed by atoms with van der Waals surface area (Å²) in [6.07, 6.45) is 7.45. The summed E-state index contributed by atoms with van der Waals surface area (Å²) in [5.41, 5.74) is 6.14. The summed E-state index contributed by atoms with van der Waals surface area (Å²) in [5, 5.41) is 2.59. The molecule has 0 bridgehead atoms. The third-order valence-electron chi connectivity index (χ3n) is 3.44. The number of nitrogens with two attached hydrogens (primary N) is 1. The predicted octanol–water partition coefficient (Wildman–Crippen LogP) is 2.13. The van der Waals surface area contributed by atoms with Crippen LogP contribution in [0.3, 0.4) is 0 Å². The van der Waals surface area contributed by atoms with E-state index >= 15 is 0 Å². The first-order chi connectivity index (χ1) is 8.03. The molecule has 1 aliphatic rings. The first kappa shape index (κ1) is 11.9. The van der Waals surface area contributed by atoms with Crippen molar-refractivity contribution in [1.82, 2.24) is 0 Å². The van der Waals surface area contributed by atoms with Gasteiger partial charge in [-0.05, 0) is 17.7 Å². The normalized spacial score (nSPS) is 14.8. The summed E-state index contributed by atoms with van der Waals surface area (Å²) in [7, 11) is -1.76. The molecule has 1 aromatic carbocycles. The molecule has 0 fully saturated rings. The van der Waals surface area contributed by atoms with Crippen LogP contribution in [0.4, 0.5) is 0 Å². The van der Waals surface area contributed by atoms with Crippen LogP contribution in [0, 0.1) is 0 Å². The van der Waals surface area contributed by atoms with E-state index in [2.05, 4.69) is 31.3 Å². The number of rotatable bonds is 3. The molecule has 0 aromatic heterocycles. The van der Waals surface area contributed by atoms with E-state index in [1.54, 1.807) is 0 Å². The van der Waals surface area contributed by atoms with Gasteiger partial charge in [0.1, 0.15) is 8.07 Å². The molecule has 0 aliphatic heterocycles. The van der Waals surface area contributed by atoms with E-state index < -0.39 is 8.07 Å². The van der Waals surface area contributed by atoms with E-state index in [-0.39, 0.29) is 5.91 Å². The Morgan fingerprint density at radius 2 is 2.00 bits per heavy atom. The van der Waals surface area contributed by atoms with Crippen molar-refractivity contribution in [2.24, 2.45) is 5.73 Å². The number of hydrogen-bond acceptors (Lipinski definition) is 1. The fourth-order valence-electron chi connectivity index (χ4n) is 2.33. The van der Waals surface area contributed by atoms with Crippen LogP contribution in [0.2, 0.25) is 13.1 Å². The lowest BCUT2D eigenvalue weighted by Gasteiger charge is -2.26. The maximum Gasteiger partial charge on any atom is 0.248 e.